The van der Waals surface area contributed by atoms with E-state index in [4.69, 9.17) is 9.15 Å². The molecule has 0 atom stereocenters. The van der Waals surface area contributed by atoms with Gasteiger partial charge >= 0.3 is 5.97 Å². The number of nitrogens with one attached hydrogen (secondary N) is 2. The molecule has 2 aromatic rings. The van der Waals surface area contributed by atoms with Gasteiger partial charge in [0.15, 0.2) is 6.61 Å². The fraction of sp³-hybridized carbons (Fsp3) is 0.200. The van der Waals surface area contributed by atoms with Crippen LogP contribution in [-0.2, 0) is 16.1 Å². The summed E-state index contributed by atoms with van der Waals surface area (Å²) in [5.74, 6) is -0.158. The molecule has 0 saturated carbocycles. The summed E-state index contributed by atoms with van der Waals surface area (Å²) in [5.41, 5.74) is 0.990. The summed E-state index contributed by atoms with van der Waals surface area (Å²) in [7, 11) is 1.48. The summed E-state index contributed by atoms with van der Waals surface area (Å²) in [5, 5.41) is 5.49. The van der Waals surface area contributed by atoms with Gasteiger partial charge in [-0.2, -0.15) is 0 Å². The quantitative estimate of drug-likeness (QED) is 0.792. The second-order valence-electron chi connectivity index (χ2n) is 4.23. The smallest absolute Gasteiger partial charge is 0.340 e. The van der Waals surface area contributed by atoms with E-state index in [1.54, 1.807) is 36.6 Å². The van der Waals surface area contributed by atoms with Crippen LogP contribution in [0.1, 0.15) is 16.1 Å². The molecule has 6 nitrogen and oxygen atoms in total. The molecule has 1 aromatic carbocycles. The van der Waals surface area contributed by atoms with Gasteiger partial charge in [-0.05, 0) is 24.3 Å². The second kappa shape index (κ2) is 7.14. The van der Waals surface area contributed by atoms with Crippen molar-refractivity contribution < 1.29 is 18.7 Å². The van der Waals surface area contributed by atoms with Crippen molar-refractivity contribution in [3.05, 3.63) is 54.0 Å². The molecule has 0 aliphatic carbocycles. The van der Waals surface area contributed by atoms with Gasteiger partial charge in [0.25, 0.3) is 5.91 Å². The molecule has 2 rings (SSSR count). The van der Waals surface area contributed by atoms with Crippen molar-refractivity contribution in [3.63, 3.8) is 0 Å². The highest BCUT2D eigenvalue weighted by atomic mass is 16.5. The lowest BCUT2D eigenvalue weighted by atomic mass is 10.2. The third-order valence-corrected chi connectivity index (χ3v) is 2.79. The van der Waals surface area contributed by atoms with Gasteiger partial charge in [-0.15, -0.1) is 0 Å². The highest BCUT2D eigenvalue weighted by Crippen LogP contribution is 2.17. The number of hydrogen-bond donors (Lipinski definition) is 2. The predicted molar refractivity (Wildman–Crippen MR) is 76.8 cm³/mol. The zero-order valence-electron chi connectivity index (χ0n) is 11.6. The van der Waals surface area contributed by atoms with Crippen LogP contribution in [0.3, 0.4) is 0 Å². The minimum atomic E-state index is -0.554. The molecule has 110 valence electrons. The number of carbonyl (C=O) groups is 2. The second-order valence-corrected chi connectivity index (χ2v) is 4.23. The fourth-order valence-electron chi connectivity index (χ4n) is 1.69. The largest absolute Gasteiger partial charge is 0.467 e. The summed E-state index contributed by atoms with van der Waals surface area (Å²) in [6.45, 7) is 0.147. The average Bonchev–Trinajstić information content (AvgIpc) is 3.04. The van der Waals surface area contributed by atoms with E-state index >= 15 is 0 Å². The van der Waals surface area contributed by atoms with Crippen LogP contribution in [0, 0.1) is 0 Å². The molecule has 0 bridgehead atoms. The van der Waals surface area contributed by atoms with Crippen LogP contribution < -0.4 is 10.6 Å². The maximum atomic E-state index is 12.0. The lowest BCUT2D eigenvalue weighted by molar-refractivity contribution is -0.123. The van der Waals surface area contributed by atoms with Crippen LogP contribution in [0.4, 0.5) is 5.69 Å². The number of carbonyl (C=O) groups excluding carboxylic acids is 2. The van der Waals surface area contributed by atoms with Crippen LogP contribution in [-0.4, -0.2) is 25.5 Å². The van der Waals surface area contributed by atoms with Gasteiger partial charge in [-0.25, -0.2) is 4.79 Å². The Balaban J connectivity index is 2.02. The molecule has 0 radical (unpaired) electrons. The highest BCUT2D eigenvalue weighted by Gasteiger charge is 2.13. The monoisotopic (exact) mass is 288 g/mol. The van der Waals surface area contributed by atoms with Gasteiger partial charge in [-0.1, -0.05) is 12.1 Å². The third-order valence-electron chi connectivity index (χ3n) is 2.79. The highest BCUT2D eigenvalue weighted by molar-refractivity contribution is 5.96. The van der Waals surface area contributed by atoms with E-state index in [0.717, 1.165) is 5.76 Å². The Hall–Kier alpha value is -2.76. The van der Waals surface area contributed by atoms with Crippen molar-refractivity contribution >= 4 is 17.6 Å². The van der Waals surface area contributed by atoms with E-state index in [1.807, 2.05) is 6.07 Å². The Morgan fingerprint density at radius 3 is 2.71 bits per heavy atom. The molecule has 1 heterocycles. The first-order valence-corrected chi connectivity index (χ1v) is 6.43. The van der Waals surface area contributed by atoms with Gasteiger partial charge in [0.1, 0.15) is 5.76 Å². The Kier molecular flexibility index (Phi) is 4.98. The number of para-hydroxylation sites is 1. The molecule has 6 heteroatoms. The normalized spacial score (nSPS) is 9.95. The molecule has 0 aliphatic rings. The third kappa shape index (κ3) is 4.10. The number of benzene rings is 1. The maximum absolute atomic E-state index is 12.0. The van der Waals surface area contributed by atoms with Crippen molar-refractivity contribution in [2.75, 3.05) is 19.0 Å². The van der Waals surface area contributed by atoms with Crippen LogP contribution in [0.25, 0.3) is 0 Å². The Labute approximate surface area is 122 Å². The molecule has 1 amide bonds. The number of likely N-dealkylation sites (N-methyl/N-ethyl adjacent to an activating group) is 1. The van der Waals surface area contributed by atoms with Crippen molar-refractivity contribution in [3.8, 4) is 0 Å². The standard InChI is InChI=1S/C15H16N2O4/c1-16-14(18)10-21-15(19)12-6-2-3-7-13(12)17-9-11-5-4-8-20-11/h2-8,17H,9-10H2,1H3,(H,16,18). The molecule has 21 heavy (non-hydrogen) atoms. The molecule has 0 spiro atoms. The van der Waals surface area contributed by atoms with E-state index in [-0.39, 0.29) is 12.5 Å². The lowest BCUT2D eigenvalue weighted by Gasteiger charge is -2.10. The fourth-order valence-corrected chi connectivity index (χ4v) is 1.69. The van der Waals surface area contributed by atoms with Crippen molar-refractivity contribution in [1.82, 2.24) is 5.32 Å². The number of amides is 1. The topological polar surface area (TPSA) is 80.6 Å². The number of furan rings is 1. The summed E-state index contributed by atoms with van der Waals surface area (Å²) >= 11 is 0. The average molecular weight is 288 g/mol. The van der Waals surface area contributed by atoms with Crippen LogP contribution >= 0.6 is 0 Å². The number of esters is 1. The van der Waals surface area contributed by atoms with Crippen molar-refractivity contribution in [2.24, 2.45) is 0 Å². The van der Waals surface area contributed by atoms with E-state index in [0.29, 0.717) is 17.8 Å². The van der Waals surface area contributed by atoms with Gasteiger partial charge in [-0.3, -0.25) is 4.79 Å². The summed E-state index contributed by atoms with van der Waals surface area (Å²) < 4.78 is 10.2. The van der Waals surface area contributed by atoms with Crippen LogP contribution in [0.5, 0.6) is 0 Å². The molecular formula is C15H16N2O4. The van der Waals surface area contributed by atoms with Gasteiger partial charge in [0.2, 0.25) is 0 Å². The molecule has 0 aliphatic heterocycles. The zero-order chi connectivity index (χ0) is 15.1. The first-order valence-electron chi connectivity index (χ1n) is 6.43. The van der Waals surface area contributed by atoms with E-state index < -0.39 is 5.97 Å². The molecule has 0 fully saturated rings. The number of rotatable bonds is 6. The predicted octanol–water partition coefficient (Wildman–Crippen LogP) is 1.79. The molecule has 0 saturated heterocycles. The first kappa shape index (κ1) is 14.6. The SMILES string of the molecule is CNC(=O)COC(=O)c1ccccc1NCc1ccco1. The number of anilines is 1. The van der Waals surface area contributed by atoms with Gasteiger partial charge < -0.3 is 19.8 Å². The number of ether oxygens (including phenoxy) is 1. The van der Waals surface area contributed by atoms with Crippen molar-refractivity contribution in [1.29, 1.82) is 0 Å². The van der Waals surface area contributed by atoms with E-state index in [2.05, 4.69) is 10.6 Å². The summed E-state index contributed by atoms with van der Waals surface area (Å²) in [6.07, 6.45) is 1.58. The maximum Gasteiger partial charge on any atom is 0.340 e. The Morgan fingerprint density at radius 1 is 1.19 bits per heavy atom. The Bertz CT molecular complexity index is 608. The number of hydrogen-bond acceptors (Lipinski definition) is 5. The molecular weight excluding hydrogens is 272 g/mol. The van der Waals surface area contributed by atoms with E-state index in [1.165, 1.54) is 7.05 Å². The van der Waals surface area contributed by atoms with Crippen LogP contribution in [0.15, 0.2) is 47.1 Å². The summed E-state index contributed by atoms with van der Waals surface area (Å²) in [4.78, 5) is 23.1. The first-order chi connectivity index (χ1) is 10.2. The van der Waals surface area contributed by atoms with Crippen molar-refractivity contribution in [2.45, 2.75) is 6.54 Å². The van der Waals surface area contributed by atoms with Gasteiger partial charge in [0.05, 0.1) is 18.4 Å². The molecule has 1 aromatic heterocycles. The Morgan fingerprint density at radius 2 is 2.00 bits per heavy atom. The minimum Gasteiger partial charge on any atom is -0.467 e. The zero-order valence-corrected chi connectivity index (χ0v) is 11.6. The van der Waals surface area contributed by atoms with Crippen LogP contribution in [0.2, 0.25) is 0 Å². The molecule has 0 unspecified atom stereocenters. The van der Waals surface area contributed by atoms with E-state index in [9.17, 15) is 9.59 Å². The minimum absolute atomic E-state index is 0.304. The van der Waals surface area contributed by atoms with Gasteiger partial charge in [0, 0.05) is 12.7 Å². The summed E-state index contributed by atoms with van der Waals surface area (Å²) in [6, 6.07) is 10.6. The molecule has 2 N–H and O–H groups in total. The lowest BCUT2D eigenvalue weighted by Crippen LogP contribution is -2.25.